The standard InChI is InChI=1S/C16H15BrO3/c1-10-7-14(17)8-11(2)15(10)20-9-12-3-5-13(6-4-12)16(18)19/h3-8H,9H2,1-2H3,(H,18,19). The Bertz CT molecular complexity index is 610. The summed E-state index contributed by atoms with van der Waals surface area (Å²) in [6.07, 6.45) is 0. The zero-order chi connectivity index (χ0) is 14.7. The van der Waals surface area contributed by atoms with E-state index in [9.17, 15) is 4.79 Å². The van der Waals surface area contributed by atoms with Crippen LogP contribution in [0.15, 0.2) is 40.9 Å². The van der Waals surface area contributed by atoms with E-state index in [2.05, 4.69) is 15.9 Å². The molecule has 20 heavy (non-hydrogen) atoms. The van der Waals surface area contributed by atoms with E-state index >= 15 is 0 Å². The van der Waals surface area contributed by atoms with Crippen LogP contribution in [0, 0.1) is 13.8 Å². The number of hydrogen-bond donors (Lipinski definition) is 1. The number of hydrogen-bond acceptors (Lipinski definition) is 2. The Kier molecular flexibility index (Phi) is 4.45. The van der Waals surface area contributed by atoms with Gasteiger partial charge in [-0.25, -0.2) is 4.79 Å². The monoisotopic (exact) mass is 334 g/mol. The van der Waals surface area contributed by atoms with Crippen LogP contribution in [0.3, 0.4) is 0 Å². The van der Waals surface area contributed by atoms with Crippen LogP contribution >= 0.6 is 15.9 Å². The van der Waals surface area contributed by atoms with Crippen molar-refractivity contribution in [3.63, 3.8) is 0 Å². The van der Waals surface area contributed by atoms with Crippen molar-refractivity contribution in [2.75, 3.05) is 0 Å². The van der Waals surface area contributed by atoms with Crippen molar-refractivity contribution in [2.24, 2.45) is 0 Å². The minimum absolute atomic E-state index is 0.282. The van der Waals surface area contributed by atoms with E-state index in [4.69, 9.17) is 9.84 Å². The first-order chi connectivity index (χ1) is 9.47. The summed E-state index contributed by atoms with van der Waals surface area (Å²) in [7, 11) is 0. The molecule has 0 aliphatic heterocycles. The number of carboxylic acids is 1. The fraction of sp³-hybridized carbons (Fsp3) is 0.188. The van der Waals surface area contributed by atoms with E-state index in [1.165, 1.54) is 0 Å². The summed E-state index contributed by atoms with van der Waals surface area (Å²) in [6.45, 7) is 4.42. The lowest BCUT2D eigenvalue weighted by atomic mass is 10.1. The maximum Gasteiger partial charge on any atom is 0.335 e. The summed E-state index contributed by atoms with van der Waals surface area (Å²) in [4.78, 5) is 10.8. The predicted octanol–water partition coefficient (Wildman–Crippen LogP) is 4.34. The summed E-state index contributed by atoms with van der Waals surface area (Å²) in [5, 5.41) is 8.85. The second-order valence-corrected chi connectivity index (χ2v) is 5.58. The van der Waals surface area contributed by atoms with Gasteiger partial charge < -0.3 is 9.84 Å². The van der Waals surface area contributed by atoms with Gasteiger partial charge in [0.15, 0.2) is 0 Å². The molecule has 0 saturated heterocycles. The molecule has 3 nitrogen and oxygen atoms in total. The fourth-order valence-corrected chi connectivity index (χ4v) is 2.71. The molecular weight excluding hydrogens is 320 g/mol. The van der Waals surface area contributed by atoms with E-state index in [1.807, 2.05) is 26.0 Å². The molecule has 2 aromatic carbocycles. The molecule has 0 fully saturated rings. The fourth-order valence-electron chi connectivity index (χ4n) is 2.02. The Balaban J connectivity index is 2.11. The average molecular weight is 335 g/mol. The van der Waals surface area contributed by atoms with E-state index < -0.39 is 5.97 Å². The molecule has 0 aliphatic carbocycles. The Labute approximate surface area is 126 Å². The molecule has 2 aromatic rings. The topological polar surface area (TPSA) is 46.5 Å². The first-order valence-corrected chi connectivity index (χ1v) is 6.98. The molecule has 0 aromatic heterocycles. The van der Waals surface area contributed by atoms with Crippen molar-refractivity contribution >= 4 is 21.9 Å². The zero-order valence-corrected chi connectivity index (χ0v) is 12.9. The third-order valence-corrected chi connectivity index (χ3v) is 3.47. The average Bonchev–Trinajstić information content (AvgIpc) is 2.38. The lowest BCUT2D eigenvalue weighted by molar-refractivity contribution is 0.0697. The minimum atomic E-state index is -0.919. The molecule has 0 aliphatic rings. The molecule has 0 unspecified atom stereocenters. The summed E-state index contributed by atoms with van der Waals surface area (Å²) in [5.74, 6) is -0.0485. The molecule has 4 heteroatoms. The Morgan fingerprint density at radius 1 is 1.15 bits per heavy atom. The number of aryl methyl sites for hydroxylation is 2. The molecule has 0 heterocycles. The van der Waals surface area contributed by atoms with Gasteiger partial charge in [0.05, 0.1) is 5.56 Å². The van der Waals surface area contributed by atoms with Crippen molar-refractivity contribution in [1.82, 2.24) is 0 Å². The van der Waals surface area contributed by atoms with Crippen molar-refractivity contribution in [2.45, 2.75) is 20.5 Å². The Hall–Kier alpha value is -1.81. The molecule has 0 bridgehead atoms. The molecule has 0 saturated carbocycles. The minimum Gasteiger partial charge on any atom is -0.488 e. The highest BCUT2D eigenvalue weighted by molar-refractivity contribution is 9.10. The van der Waals surface area contributed by atoms with Gasteiger partial charge in [0.25, 0.3) is 0 Å². The number of carbonyl (C=O) groups is 1. The summed E-state index contributed by atoms with van der Waals surface area (Å²) in [5.41, 5.74) is 3.36. The zero-order valence-electron chi connectivity index (χ0n) is 11.3. The van der Waals surface area contributed by atoms with Gasteiger partial charge in [-0.3, -0.25) is 0 Å². The van der Waals surface area contributed by atoms with Crippen LogP contribution in [-0.4, -0.2) is 11.1 Å². The molecule has 104 valence electrons. The Morgan fingerprint density at radius 3 is 2.20 bits per heavy atom. The number of aromatic carboxylic acids is 1. The molecule has 2 rings (SSSR count). The number of carboxylic acid groups (broad SMARTS) is 1. The number of benzene rings is 2. The highest BCUT2D eigenvalue weighted by Crippen LogP contribution is 2.28. The van der Waals surface area contributed by atoms with Crippen molar-refractivity contribution in [3.8, 4) is 5.75 Å². The molecule has 0 amide bonds. The van der Waals surface area contributed by atoms with E-state index in [0.717, 1.165) is 26.9 Å². The van der Waals surface area contributed by atoms with Gasteiger partial charge in [-0.15, -0.1) is 0 Å². The van der Waals surface area contributed by atoms with Gasteiger partial charge in [0.1, 0.15) is 12.4 Å². The van der Waals surface area contributed by atoms with E-state index in [0.29, 0.717) is 6.61 Å². The lowest BCUT2D eigenvalue weighted by Gasteiger charge is -2.13. The normalized spacial score (nSPS) is 10.3. The third-order valence-electron chi connectivity index (χ3n) is 3.01. The van der Waals surface area contributed by atoms with Crippen molar-refractivity contribution < 1.29 is 14.6 Å². The van der Waals surface area contributed by atoms with Gasteiger partial charge in [0, 0.05) is 4.47 Å². The quantitative estimate of drug-likeness (QED) is 0.904. The van der Waals surface area contributed by atoms with Crippen LogP contribution in [0.4, 0.5) is 0 Å². The number of rotatable bonds is 4. The van der Waals surface area contributed by atoms with Crippen LogP contribution < -0.4 is 4.74 Å². The SMILES string of the molecule is Cc1cc(Br)cc(C)c1OCc1ccc(C(=O)O)cc1. The second kappa shape index (κ2) is 6.09. The Morgan fingerprint density at radius 2 is 1.70 bits per heavy atom. The summed E-state index contributed by atoms with van der Waals surface area (Å²) < 4.78 is 6.87. The maximum atomic E-state index is 10.8. The molecule has 0 radical (unpaired) electrons. The van der Waals surface area contributed by atoms with E-state index in [1.54, 1.807) is 24.3 Å². The smallest absolute Gasteiger partial charge is 0.335 e. The third kappa shape index (κ3) is 3.39. The van der Waals surface area contributed by atoms with Gasteiger partial charge in [0.2, 0.25) is 0 Å². The van der Waals surface area contributed by atoms with Crippen LogP contribution in [-0.2, 0) is 6.61 Å². The molecular formula is C16H15BrO3. The van der Waals surface area contributed by atoms with Crippen molar-refractivity contribution in [3.05, 3.63) is 63.1 Å². The summed E-state index contributed by atoms with van der Waals surface area (Å²) >= 11 is 3.45. The van der Waals surface area contributed by atoms with Gasteiger partial charge in [-0.2, -0.15) is 0 Å². The first-order valence-electron chi connectivity index (χ1n) is 6.19. The predicted molar refractivity (Wildman–Crippen MR) is 81.3 cm³/mol. The highest BCUT2D eigenvalue weighted by Gasteiger charge is 2.07. The van der Waals surface area contributed by atoms with Crippen LogP contribution in [0.1, 0.15) is 27.0 Å². The number of ether oxygens (including phenoxy) is 1. The van der Waals surface area contributed by atoms with Crippen LogP contribution in [0.5, 0.6) is 5.75 Å². The van der Waals surface area contributed by atoms with Gasteiger partial charge >= 0.3 is 5.97 Å². The first kappa shape index (κ1) is 14.6. The molecule has 0 atom stereocenters. The van der Waals surface area contributed by atoms with Crippen LogP contribution in [0.25, 0.3) is 0 Å². The maximum absolute atomic E-state index is 10.8. The van der Waals surface area contributed by atoms with Gasteiger partial charge in [-0.05, 0) is 54.8 Å². The van der Waals surface area contributed by atoms with Crippen LogP contribution in [0.2, 0.25) is 0 Å². The second-order valence-electron chi connectivity index (χ2n) is 4.66. The largest absolute Gasteiger partial charge is 0.488 e. The van der Waals surface area contributed by atoms with Crippen molar-refractivity contribution in [1.29, 1.82) is 0 Å². The van der Waals surface area contributed by atoms with E-state index in [-0.39, 0.29) is 5.56 Å². The number of halogens is 1. The summed E-state index contributed by atoms with van der Waals surface area (Å²) in [6, 6.07) is 10.7. The lowest BCUT2D eigenvalue weighted by Crippen LogP contribution is -2.01. The highest BCUT2D eigenvalue weighted by atomic mass is 79.9. The molecule has 1 N–H and O–H groups in total. The van der Waals surface area contributed by atoms with Gasteiger partial charge in [-0.1, -0.05) is 28.1 Å². The molecule has 0 spiro atoms.